The second-order valence-electron chi connectivity index (χ2n) is 6.13. The minimum absolute atomic E-state index is 0.232. The fourth-order valence-corrected chi connectivity index (χ4v) is 2.18. The number of aliphatic hydroxyl groups excluding tert-OH is 3. The van der Waals surface area contributed by atoms with Crippen molar-refractivity contribution in [1.82, 2.24) is 0 Å². The van der Waals surface area contributed by atoms with E-state index in [9.17, 15) is 20.1 Å². The number of ether oxygens (including phenoxy) is 1. The molecule has 148 valence electrons. The van der Waals surface area contributed by atoms with Gasteiger partial charge in [0.05, 0.1) is 25.4 Å². The first kappa shape index (κ1) is 24.3. The van der Waals surface area contributed by atoms with E-state index in [0.717, 1.165) is 25.7 Å². The van der Waals surface area contributed by atoms with Crippen molar-refractivity contribution >= 4 is 5.97 Å². The molecular formula is C21H34O5. The number of rotatable bonds is 14. The van der Waals surface area contributed by atoms with Gasteiger partial charge in [-0.15, -0.1) is 0 Å². The number of carbonyl (C=O) groups is 1. The number of allylic oxidation sites excluding steroid dienone is 6. The van der Waals surface area contributed by atoms with E-state index >= 15 is 0 Å². The van der Waals surface area contributed by atoms with Crippen molar-refractivity contribution in [3.05, 3.63) is 48.6 Å². The van der Waals surface area contributed by atoms with E-state index in [0.29, 0.717) is 12.8 Å². The summed E-state index contributed by atoms with van der Waals surface area (Å²) in [4.78, 5) is 11.0. The van der Waals surface area contributed by atoms with Gasteiger partial charge in [-0.05, 0) is 19.3 Å². The summed E-state index contributed by atoms with van der Waals surface area (Å²) in [7, 11) is 1.32. The number of aliphatic hydroxyl groups is 3. The Kier molecular flexibility index (Phi) is 15.7. The number of hydrogen-bond acceptors (Lipinski definition) is 5. The predicted octanol–water partition coefficient (Wildman–Crippen LogP) is 3.22. The average Bonchev–Trinajstić information content (AvgIpc) is 2.63. The number of carbonyl (C=O) groups excluding carboxylic acids is 1. The molecule has 3 unspecified atom stereocenters. The molecule has 0 saturated heterocycles. The van der Waals surface area contributed by atoms with Gasteiger partial charge in [0.25, 0.3) is 0 Å². The average molecular weight is 366 g/mol. The van der Waals surface area contributed by atoms with Crippen LogP contribution in [0.3, 0.4) is 0 Å². The Balaban J connectivity index is 3.98. The molecule has 5 nitrogen and oxygen atoms in total. The van der Waals surface area contributed by atoms with Crippen LogP contribution in [0.2, 0.25) is 0 Å². The van der Waals surface area contributed by atoms with Crippen LogP contribution in [-0.4, -0.2) is 46.7 Å². The summed E-state index contributed by atoms with van der Waals surface area (Å²) in [6.45, 7) is 2.14. The van der Waals surface area contributed by atoms with Crippen LogP contribution in [0.4, 0.5) is 0 Å². The Morgan fingerprint density at radius 2 is 1.50 bits per heavy atom. The number of esters is 1. The van der Waals surface area contributed by atoms with Crippen LogP contribution in [0.15, 0.2) is 48.6 Å². The summed E-state index contributed by atoms with van der Waals surface area (Å²) in [6, 6.07) is 0. The SMILES string of the molecule is CCCCCC(O)C=CC=CC=CC=CC(O)C(O)CCCC(=O)OC. The van der Waals surface area contributed by atoms with Crippen molar-refractivity contribution < 1.29 is 24.9 Å². The van der Waals surface area contributed by atoms with Gasteiger partial charge in [-0.3, -0.25) is 4.79 Å². The monoisotopic (exact) mass is 366 g/mol. The van der Waals surface area contributed by atoms with Gasteiger partial charge in [0.1, 0.15) is 0 Å². The van der Waals surface area contributed by atoms with Crippen LogP contribution >= 0.6 is 0 Å². The molecule has 0 rings (SSSR count). The Morgan fingerprint density at radius 3 is 2.12 bits per heavy atom. The lowest BCUT2D eigenvalue weighted by Crippen LogP contribution is -2.23. The second kappa shape index (κ2) is 16.8. The zero-order chi connectivity index (χ0) is 19.6. The maximum atomic E-state index is 11.0. The molecule has 0 aliphatic carbocycles. The topological polar surface area (TPSA) is 87.0 Å². The van der Waals surface area contributed by atoms with Gasteiger partial charge in [0, 0.05) is 6.42 Å². The summed E-state index contributed by atoms with van der Waals surface area (Å²) in [6.07, 6.45) is 16.8. The maximum absolute atomic E-state index is 11.0. The molecule has 0 amide bonds. The number of hydrogen-bond donors (Lipinski definition) is 3. The molecule has 3 atom stereocenters. The van der Waals surface area contributed by atoms with Crippen LogP contribution in [0.5, 0.6) is 0 Å². The predicted molar refractivity (Wildman–Crippen MR) is 105 cm³/mol. The van der Waals surface area contributed by atoms with Crippen molar-refractivity contribution in [3.8, 4) is 0 Å². The zero-order valence-electron chi connectivity index (χ0n) is 16.0. The molecule has 0 heterocycles. The van der Waals surface area contributed by atoms with E-state index in [-0.39, 0.29) is 12.4 Å². The summed E-state index contributed by atoms with van der Waals surface area (Å²) < 4.78 is 4.52. The van der Waals surface area contributed by atoms with Crippen molar-refractivity contribution in [2.45, 2.75) is 70.2 Å². The van der Waals surface area contributed by atoms with Gasteiger partial charge in [-0.1, -0.05) is 74.8 Å². The lowest BCUT2D eigenvalue weighted by Gasteiger charge is -2.13. The highest BCUT2D eigenvalue weighted by Gasteiger charge is 2.13. The fraction of sp³-hybridized carbons (Fsp3) is 0.571. The first-order valence-corrected chi connectivity index (χ1v) is 9.30. The molecule has 0 aliphatic heterocycles. The third kappa shape index (κ3) is 14.6. The van der Waals surface area contributed by atoms with Crippen LogP contribution in [0, 0.1) is 0 Å². The molecule has 0 spiro atoms. The van der Waals surface area contributed by atoms with Crippen molar-refractivity contribution in [3.63, 3.8) is 0 Å². The van der Waals surface area contributed by atoms with E-state index < -0.39 is 18.3 Å². The van der Waals surface area contributed by atoms with E-state index in [4.69, 9.17) is 0 Å². The molecule has 5 heteroatoms. The molecule has 0 aliphatic rings. The maximum Gasteiger partial charge on any atom is 0.305 e. The molecule has 26 heavy (non-hydrogen) atoms. The molecule has 0 aromatic heterocycles. The van der Waals surface area contributed by atoms with Gasteiger partial charge in [0.2, 0.25) is 0 Å². The minimum atomic E-state index is -0.973. The fourth-order valence-electron chi connectivity index (χ4n) is 2.18. The standard InChI is InChI=1S/C21H34O5/c1-3-4-9-13-18(22)14-10-7-5-6-8-11-15-19(23)20(24)16-12-17-21(25)26-2/h5-8,10-11,14-15,18-20,22-24H,3-4,9,12-13,16-17H2,1-2H3. The quantitative estimate of drug-likeness (QED) is 0.250. The molecule has 0 bridgehead atoms. The lowest BCUT2D eigenvalue weighted by molar-refractivity contribution is -0.140. The van der Waals surface area contributed by atoms with Gasteiger partial charge in [-0.2, -0.15) is 0 Å². The zero-order valence-corrected chi connectivity index (χ0v) is 16.0. The van der Waals surface area contributed by atoms with E-state index in [1.807, 2.05) is 18.2 Å². The molecular weight excluding hydrogens is 332 g/mol. The minimum Gasteiger partial charge on any atom is -0.469 e. The smallest absolute Gasteiger partial charge is 0.305 e. The Labute approximate surface area is 157 Å². The third-order valence-corrected chi connectivity index (χ3v) is 3.80. The van der Waals surface area contributed by atoms with Crippen LogP contribution in [0.1, 0.15) is 51.9 Å². The van der Waals surface area contributed by atoms with E-state index in [2.05, 4.69) is 11.7 Å². The van der Waals surface area contributed by atoms with E-state index in [1.165, 1.54) is 13.2 Å². The van der Waals surface area contributed by atoms with Crippen molar-refractivity contribution in [2.75, 3.05) is 7.11 Å². The van der Waals surface area contributed by atoms with Crippen molar-refractivity contribution in [1.29, 1.82) is 0 Å². The summed E-state index contributed by atoms with van der Waals surface area (Å²) in [5, 5.41) is 29.3. The first-order valence-electron chi connectivity index (χ1n) is 9.30. The van der Waals surface area contributed by atoms with Gasteiger partial charge in [-0.25, -0.2) is 0 Å². The number of unbranched alkanes of at least 4 members (excludes halogenated alkanes) is 2. The van der Waals surface area contributed by atoms with Crippen LogP contribution in [-0.2, 0) is 9.53 Å². The summed E-state index contributed by atoms with van der Waals surface area (Å²) in [5.74, 6) is -0.320. The summed E-state index contributed by atoms with van der Waals surface area (Å²) in [5.41, 5.74) is 0. The van der Waals surface area contributed by atoms with Gasteiger partial charge < -0.3 is 20.1 Å². The molecule has 0 saturated carbocycles. The van der Waals surface area contributed by atoms with E-state index in [1.54, 1.807) is 24.3 Å². The summed E-state index contributed by atoms with van der Waals surface area (Å²) >= 11 is 0. The Hall–Kier alpha value is -1.69. The number of methoxy groups -OCH3 is 1. The normalized spacial score (nSPS) is 16.0. The molecule has 3 N–H and O–H groups in total. The molecule has 0 aromatic rings. The Bertz CT molecular complexity index is 465. The molecule has 0 radical (unpaired) electrons. The van der Waals surface area contributed by atoms with Gasteiger partial charge in [0.15, 0.2) is 0 Å². The van der Waals surface area contributed by atoms with Crippen LogP contribution < -0.4 is 0 Å². The highest BCUT2D eigenvalue weighted by atomic mass is 16.5. The highest BCUT2D eigenvalue weighted by molar-refractivity contribution is 5.68. The highest BCUT2D eigenvalue weighted by Crippen LogP contribution is 2.07. The van der Waals surface area contributed by atoms with Gasteiger partial charge >= 0.3 is 5.97 Å². The lowest BCUT2D eigenvalue weighted by atomic mass is 10.1. The van der Waals surface area contributed by atoms with Crippen LogP contribution in [0.25, 0.3) is 0 Å². The second-order valence-corrected chi connectivity index (χ2v) is 6.13. The molecule has 0 fully saturated rings. The largest absolute Gasteiger partial charge is 0.469 e. The third-order valence-electron chi connectivity index (χ3n) is 3.80. The van der Waals surface area contributed by atoms with Crippen molar-refractivity contribution in [2.24, 2.45) is 0 Å². The Morgan fingerprint density at radius 1 is 0.885 bits per heavy atom. The first-order chi connectivity index (χ1) is 12.5. The molecule has 0 aromatic carbocycles.